The highest BCUT2D eigenvalue weighted by Crippen LogP contribution is 2.34. The van der Waals surface area contributed by atoms with Crippen LogP contribution in [0.15, 0.2) is 36.4 Å². The van der Waals surface area contributed by atoms with Crippen LogP contribution in [-0.4, -0.2) is 19.7 Å². The molecule has 0 radical (unpaired) electrons. The minimum atomic E-state index is -0.332. The first-order chi connectivity index (χ1) is 12.3. The summed E-state index contributed by atoms with van der Waals surface area (Å²) in [6.07, 6.45) is 0. The first-order valence-corrected chi connectivity index (χ1v) is 9.04. The van der Waals surface area contributed by atoms with Gasteiger partial charge in [0.15, 0.2) is 0 Å². The number of benzene rings is 2. The molecular formula is C22H29NO3. The van der Waals surface area contributed by atoms with Crippen molar-refractivity contribution in [2.45, 2.75) is 40.5 Å². The van der Waals surface area contributed by atoms with Gasteiger partial charge in [0.2, 0.25) is 0 Å². The van der Waals surface area contributed by atoms with Gasteiger partial charge in [-0.05, 0) is 66.3 Å². The van der Waals surface area contributed by atoms with Crippen LogP contribution >= 0.6 is 0 Å². The van der Waals surface area contributed by atoms with Crippen molar-refractivity contribution in [2.24, 2.45) is 5.92 Å². The number of ether oxygens (including phenoxy) is 2. The van der Waals surface area contributed by atoms with Gasteiger partial charge in [-0.2, -0.15) is 0 Å². The molecule has 2 aromatic carbocycles. The molecule has 26 heavy (non-hydrogen) atoms. The second-order valence-electron chi connectivity index (χ2n) is 7.26. The zero-order valence-electron chi connectivity index (χ0n) is 16.6. The van der Waals surface area contributed by atoms with Gasteiger partial charge in [0.05, 0.1) is 19.3 Å². The molecule has 0 heterocycles. The third-order valence-corrected chi connectivity index (χ3v) is 4.14. The number of methoxy groups -OCH3 is 1. The van der Waals surface area contributed by atoms with Crippen LogP contribution in [0.3, 0.4) is 0 Å². The molecule has 0 bridgehead atoms. The molecule has 0 atom stereocenters. The molecule has 0 saturated carbocycles. The van der Waals surface area contributed by atoms with Crippen LogP contribution < -0.4 is 10.1 Å². The van der Waals surface area contributed by atoms with Crippen LogP contribution in [0.25, 0.3) is 0 Å². The summed E-state index contributed by atoms with van der Waals surface area (Å²) in [5.41, 5.74) is 4.80. The van der Waals surface area contributed by atoms with Crippen molar-refractivity contribution in [1.82, 2.24) is 0 Å². The molecule has 0 saturated heterocycles. The lowest BCUT2D eigenvalue weighted by atomic mass is 9.98. The maximum atomic E-state index is 11.5. The average molecular weight is 355 g/mol. The number of nitrogens with one attached hydrogen (secondary N) is 1. The SMILES string of the molecule is COC(=O)c1ccc(Nc2cc(C(C)C)c(OCC(C)C)cc2C)cc1. The number of esters is 1. The summed E-state index contributed by atoms with van der Waals surface area (Å²) in [6.45, 7) is 11.4. The fourth-order valence-electron chi connectivity index (χ4n) is 2.63. The van der Waals surface area contributed by atoms with Gasteiger partial charge in [-0.1, -0.05) is 27.7 Å². The van der Waals surface area contributed by atoms with Gasteiger partial charge in [-0.15, -0.1) is 0 Å². The van der Waals surface area contributed by atoms with Crippen molar-refractivity contribution in [3.63, 3.8) is 0 Å². The highest BCUT2D eigenvalue weighted by atomic mass is 16.5. The monoisotopic (exact) mass is 355 g/mol. The molecule has 0 unspecified atom stereocenters. The first-order valence-electron chi connectivity index (χ1n) is 9.04. The molecule has 4 heteroatoms. The summed E-state index contributed by atoms with van der Waals surface area (Å²) in [5, 5.41) is 3.44. The summed E-state index contributed by atoms with van der Waals surface area (Å²) >= 11 is 0. The third-order valence-electron chi connectivity index (χ3n) is 4.14. The molecule has 0 aliphatic heterocycles. The normalized spacial score (nSPS) is 10.9. The van der Waals surface area contributed by atoms with E-state index in [1.807, 2.05) is 12.1 Å². The molecule has 0 aliphatic carbocycles. The van der Waals surface area contributed by atoms with Crippen molar-refractivity contribution in [2.75, 3.05) is 19.0 Å². The maximum Gasteiger partial charge on any atom is 0.337 e. The predicted molar refractivity (Wildman–Crippen MR) is 107 cm³/mol. The lowest BCUT2D eigenvalue weighted by Crippen LogP contribution is -2.08. The van der Waals surface area contributed by atoms with Crippen molar-refractivity contribution in [3.8, 4) is 5.75 Å². The Morgan fingerprint density at radius 2 is 1.73 bits per heavy atom. The fraction of sp³-hybridized carbons (Fsp3) is 0.409. The molecule has 0 aromatic heterocycles. The summed E-state index contributed by atoms with van der Waals surface area (Å²) in [4.78, 5) is 11.5. The van der Waals surface area contributed by atoms with Gasteiger partial charge in [0.25, 0.3) is 0 Å². The van der Waals surface area contributed by atoms with Crippen molar-refractivity contribution in [3.05, 3.63) is 53.1 Å². The Morgan fingerprint density at radius 3 is 2.27 bits per heavy atom. The number of carbonyl (C=O) groups is 1. The number of rotatable bonds is 7. The number of carbonyl (C=O) groups excluding carboxylic acids is 1. The van der Waals surface area contributed by atoms with Crippen LogP contribution in [0.4, 0.5) is 11.4 Å². The highest BCUT2D eigenvalue weighted by molar-refractivity contribution is 5.89. The summed E-state index contributed by atoms with van der Waals surface area (Å²) < 4.78 is 10.8. The van der Waals surface area contributed by atoms with Crippen molar-refractivity contribution >= 4 is 17.3 Å². The second kappa shape index (κ2) is 8.75. The van der Waals surface area contributed by atoms with E-state index in [0.29, 0.717) is 24.0 Å². The summed E-state index contributed by atoms with van der Waals surface area (Å²) in [6, 6.07) is 11.5. The van der Waals surface area contributed by atoms with Crippen molar-refractivity contribution in [1.29, 1.82) is 0 Å². The highest BCUT2D eigenvalue weighted by Gasteiger charge is 2.13. The molecule has 140 valence electrons. The summed E-state index contributed by atoms with van der Waals surface area (Å²) in [5.74, 6) is 1.47. The van der Waals surface area contributed by atoms with Gasteiger partial charge >= 0.3 is 5.97 Å². The van der Waals surface area contributed by atoms with Crippen LogP contribution in [0, 0.1) is 12.8 Å². The Balaban J connectivity index is 2.26. The Hall–Kier alpha value is -2.49. The molecule has 1 N–H and O–H groups in total. The maximum absolute atomic E-state index is 11.5. The van der Waals surface area contributed by atoms with E-state index in [2.05, 4.69) is 52.1 Å². The first kappa shape index (κ1) is 19.8. The van der Waals surface area contributed by atoms with E-state index in [4.69, 9.17) is 9.47 Å². The largest absolute Gasteiger partial charge is 0.493 e. The molecule has 2 aromatic rings. The zero-order valence-corrected chi connectivity index (χ0v) is 16.6. The van der Waals surface area contributed by atoms with E-state index in [1.54, 1.807) is 12.1 Å². The van der Waals surface area contributed by atoms with E-state index in [1.165, 1.54) is 12.7 Å². The fourth-order valence-corrected chi connectivity index (χ4v) is 2.63. The third kappa shape index (κ3) is 5.01. The molecule has 0 fully saturated rings. The van der Waals surface area contributed by atoms with Crippen LogP contribution in [-0.2, 0) is 4.74 Å². The predicted octanol–water partition coefficient (Wildman–Crippen LogP) is 5.68. The molecule has 0 spiro atoms. The minimum Gasteiger partial charge on any atom is -0.493 e. The van der Waals surface area contributed by atoms with Crippen molar-refractivity contribution < 1.29 is 14.3 Å². The van der Waals surface area contributed by atoms with Gasteiger partial charge in [-0.25, -0.2) is 4.79 Å². The van der Waals surface area contributed by atoms with Gasteiger partial charge in [0.1, 0.15) is 5.75 Å². The average Bonchev–Trinajstić information content (AvgIpc) is 2.61. The standard InChI is InChI=1S/C22H29NO3/c1-14(2)13-26-21-11-16(5)20(12-19(21)15(3)4)23-18-9-7-17(8-10-18)22(24)25-6/h7-12,14-15,23H,13H2,1-6H3. The van der Waals surface area contributed by atoms with Gasteiger partial charge < -0.3 is 14.8 Å². The quantitative estimate of drug-likeness (QED) is 0.649. The zero-order chi connectivity index (χ0) is 19.3. The van der Waals surface area contributed by atoms with Crippen LogP contribution in [0.2, 0.25) is 0 Å². The number of hydrogen-bond donors (Lipinski definition) is 1. The van der Waals surface area contributed by atoms with E-state index in [0.717, 1.165) is 22.7 Å². The molecule has 0 aliphatic rings. The summed E-state index contributed by atoms with van der Waals surface area (Å²) in [7, 11) is 1.38. The van der Waals surface area contributed by atoms with Crippen LogP contribution in [0.5, 0.6) is 5.75 Å². The molecule has 0 amide bonds. The van der Waals surface area contributed by atoms with E-state index >= 15 is 0 Å². The second-order valence-corrected chi connectivity index (χ2v) is 7.26. The molecular weight excluding hydrogens is 326 g/mol. The Labute approximate surface area is 156 Å². The smallest absolute Gasteiger partial charge is 0.337 e. The Morgan fingerprint density at radius 1 is 1.08 bits per heavy atom. The van der Waals surface area contributed by atoms with E-state index < -0.39 is 0 Å². The van der Waals surface area contributed by atoms with Gasteiger partial charge in [0, 0.05) is 11.4 Å². The number of aryl methyl sites for hydroxylation is 1. The number of hydrogen-bond acceptors (Lipinski definition) is 4. The Bertz CT molecular complexity index is 749. The lowest BCUT2D eigenvalue weighted by Gasteiger charge is -2.19. The van der Waals surface area contributed by atoms with E-state index in [9.17, 15) is 4.79 Å². The molecule has 2 rings (SSSR count). The molecule has 4 nitrogen and oxygen atoms in total. The van der Waals surface area contributed by atoms with Crippen LogP contribution in [0.1, 0.15) is 55.1 Å². The topological polar surface area (TPSA) is 47.6 Å². The lowest BCUT2D eigenvalue weighted by molar-refractivity contribution is 0.0601. The Kier molecular flexibility index (Phi) is 6.67. The minimum absolute atomic E-state index is 0.332. The number of anilines is 2. The van der Waals surface area contributed by atoms with Gasteiger partial charge in [-0.3, -0.25) is 0 Å². The van der Waals surface area contributed by atoms with E-state index in [-0.39, 0.29) is 5.97 Å².